The summed E-state index contributed by atoms with van der Waals surface area (Å²) in [5.41, 5.74) is -12.5. The lowest BCUT2D eigenvalue weighted by Crippen LogP contribution is -2.81. The minimum Gasteiger partial charge on any atom is -0.287 e. The normalized spacial score (nSPS) is 11.5. The lowest BCUT2D eigenvalue weighted by atomic mass is 9.12. The van der Waals surface area contributed by atoms with Crippen molar-refractivity contribution in [3.63, 3.8) is 0 Å². The van der Waals surface area contributed by atoms with E-state index in [2.05, 4.69) is 12.6 Å². The van der Waals surface area contributed by atoms with Gasteiger partial charge in [-0.15, -0.1) is 21.9 Å². The summed E-state index contributed by atoms with van der Waals surface area (Å²) in [7, 11) is 0. The molecule has 0 aliphatic rings. The Morgan fingerprint density at radius 1 is 0.387 bits per heavy atom. The van der Waals surface area contributed by atoms with E-state index in [1.165, 1.54) is 0 Å². The van der Waals surface area contributed by atoms with E-state index >= 15 is 35.1 Å². The highest BCUT2D eigenvalue weighted by Crippen LogP contribution is 2.30. The third-order valence-electron chi connectivity index (χ3n) is 9.31. The van der Waals surface area contributed by atoms with Crippen molar-refractivity contribution in [2.75, 3.05) is 0 Å². The predicted octanol–water partition coefficient (Wildman–Crippen LogP) is 8.13. The number of pyridine rings is 1. The second-order valence-electron chi connectivity index (χ2n) is 12.6. The van der Waals surface area contributed by atoms with Gasteiger partial charge < -0.3 is 0 Å². The first-order valence-electron chi connectivity index (χ1n) is 16.4. The van der Waals surface area contributed by atoms with Gasteiger partial charge in [0.05, 0.1) is 5.75 Å². The van der Waals surface area contributed by atoms with Gasteiger partial charge in [0.1, 0.15) is 52.7 Å². The molecule has 0 fully saturated rings. The van der Waals surface area contributed by atoms with Crippen LogP contribution < -0.4 is 26.4 Å². The number of hydrogen-bond acceptors (Lipinski definition) is 2. The van der Waals surface area contributed by atoms with E-state index < -0.39 is 144 Å². The van der Waals surface area contributed by atoms with Crippen molar-refractivity contribution in [2.45, 2.75) is 12.3 Å². The SMILES string of the molecule is Fc1c(F)c(F)c([B-](c2c(F)c(F)c(F)c(F)c2F)(c2c(F)c(F)c(F)c(F)c2F)c2c(F)c(F)c(F)c(F)c2F)c(F)c1F.O=C(C[n+]1ccccc1CS)c1ccccc1. The first kappa shape index (κ1) is 47.0. The van der Waals surface area contributed by atoms with Crippen molar-refractivity contribution in [1.82, 2.24) is 0 Å². The molecular formula is C38H14BF20NOS. The lowest BCUT2D eigenvalue weighted by molar-refractivity contribution is -0.689. The maximum atomic E-state index is 15.4. The number of Topliss-reactive ketones (excluding diaryl/α,β-unsaturated/α-hetero) is 1. The maximum absolute atomic E-state index is 15.4. The number of nitrogens with zero attached hydrogens (tertiary/aromatic N) is 1. The highest BCUT2D eigenvalue weighted by atomic mass is 32.1. The second kappa shape index (κ2) is 17.7. The van der Waals surface area contributed by atoms with Crippen LogP contribution >= 0.6 is 12.6 Å². The molecule has 0 unspecified atom stereocenters. The summed E-state index contributed by atoms with van der Waals surface area (Å²) in [5.74, 6) is -70.7. The monoisotopic (exact) mass is 923 g/mol. The van der Waals surface area contributed by atoms with E-state index in [4.69, 9.17) is 0 Å². The van der Waals surface area contributed by atoms with Crippen molar-refractivity contribution >= 4 is 46.4 Å². The lowest BCUT2D eigenvalue weighted by Gasteiger charge is -2.44. The van der Waals surface area contributed by atoms with Crippen molar-refractivity contribution < 1.29 is 97.2 Å². The molecule has 326 valence electrons. The molecule has 24 heteroatoms. The van der Waals surface area contributed by atoms with Crippen molar-refractivity contribution in [3.8, 4) is 0 Å². The Kier molecular flexibility index (Phi) is 13.4. The van der Waals surface area contributed by atoms with Gasteiger partial charge in [0.2, 0.25) is 12.3 Å². The van der Waals surface area contributed by atoms with Crippen molar-refractivity contribution in [2.24, 2.45) is 0 Å². The number of aromatic nitrogens is 1. The maximum Gasteiger partial charge on any atom is 0.227 e. The van der Waals surface area contributed by atoms with Crippen LogP contribution in [0.2, 0.25) is 0 Å². The summed E-state index contributed by atoms with van der Waals surface area (Å²) in [5, 5.41) is 0. The summed E-state index contributed by atoms with van der Waals surface area (Å²) in [4.78, 5) is 12.0. The molecule has 0 N–H and O–H groups in total. The first-order chi connectivity index (χ1) is 29.0. The Balaban J connectivity index is 0.000000355. The van der Waals surface area contributed by atoms with Crippen LogP contribution in [-0.4, -0.2) is 11.9 Å². The molecule has 0 spiro atoms. The number of rotatable bonds is 8. The molecule has 1 heterocycles. The van der Waals surface area contributed by atoms with Crippen LogP contribution in [0.15, 0.2) is 54.7 Å². The van der Waals surface area contributed by atoms with Crippen LogP contribution in [0.1, 0.15) is 16.1 Å². The van der Waals surface area contributed by atoms with E-state index in [1.807, 2.05) is 59.3 Å². The fourth-order valence-electron chi connectivity index (χ4n) is 6.55. The number of hydrogen-bond donors (Lipinski definition) is 1. The van der Waals surface area contributed by atoms with Crippen LogP contribution in [0.25, 0.3) is 0 Å². The summed E-state index contributed by atoms with van der Waals surface area (Å²) in [6.45, 7) is 0.362. The predicted molar refractivity (Wildman–Crippen MR) is 179 cm³/mol. The third kappa shape index (κ3) is 7.40. The molecule has 2 nitrogen and oxygen atoms in total. The Labute approximate surface area is 338 Å². The van der Waals surface area contributed by atoms with Crippen LogP contribution in [0, 0.1) is 116 Å². The third-order valence-corrected chi connectivity index (χ3v) is 9.64. The van der Waals surface area contributed by atoms with Crippen molar-refractivity contribution in [1.29, 1.82) is 0 Å². The van der Waals surface area contributed by atoms with Gasteiger partial charge in [-0.1, -0.05) is 36.4 Å². The minimum absolute atomic E-state index is 0.116. The zero-order valence-electron chi connectivity index (χ0n) is 29.5. The van der Waals surface area contributed by atoms with Gasteiger partial charge in [-0.2, -0.15) is 17.2 Å². The number of thiol groups is 1. The second-order valence-corrected chi connectivity index (χ2v) is 12.9. The smallest absolute Gasteiger partial charge is 0.227 e. The van der Waals surface area contributed by atoms with Gasteiger partial charge in [-0.25, -0.2) is 87.8 Å². The fraction of sp³-hybridized carbons (Fsp3) is 0.0526. The van der Waals surface area contributed by atoms with Crippen molar-refractivity contribution in [3.05, 3.63) is 182 Å². The Morgan fingerprint density at radius 3 is 0.919 bits per heavy atom. The summed E-state index contributed by atoms with van der Waals surface area (Å²) in [6.07, 6.45) is -5.31. The molecule has 0 amide bonds. The molecule has 0 atom stereocenters. The molecule has 0 bridgehead atoms. The fourth-order valence-corrected chi connectivity index (χ4v) is 6.84. The molecule has 1 aromatic heterocycles. The Hall–Kier alpha value is -6.07. The standard InChI is InChI=1S/C24BF20.C14H13NOS/c26-5-1(6(27)14(35)21(42)13(5)34)25(2-7(28)15(36)22(43)16(37)8(2)29,3-9(30)17(38)23(44)18(39)10(3)31)4-11(32)19(40)24(45)20(41)12(4)33;16-14(12-6-2-1-3-7-12)10-15-9-5-4-8-13(15)11-17/h;1-9H,10-11H2/q-1;/p+1. The number of carbonyl (C=O) groups is 1. The van der Waals surface area contributed by atoms with E-state index in [0.29, 0.717) is 12.3 Å². The molecule has 5 aromatic carbocycles. The molecule has 62 heavy (non-hydrogen) atoms. The minimum atomic E-state index is -7.22. The van der Waals surface area contributed by atoms with Gasteiger partial charge >= 0.3 is 0 Å². The van der Waals surface area contributed by atoms with E-state index in [1.54, 1.807) is 0 Å². The zero-order valence-corrected chi connectivity index (χ0v) is 30.4. The highest BCUT2D eigenvalue weighted by molar-refractivity contribution is 7.79. The molecule has 0 radical (unpaired) electrons. The number of benzene rings is 5. The zero-order chi connectivity index (χ0) is 46.4. The van der Waals surface area contributed by atoms with E-state index in [0.717, 1.165) is 11.3 Å². The number of halogens is 20. The molecular weight excluding hydrogens is 909 g/mol. The molecule has 0 aliphatic heterocycles. The van der Waals surface area contributed by atoms with Gasteiger partial charge in [0.25, 0.3) is 0 Å². The van der Waals surface area contributed by atoms with Gasteiger partial charge in [0, 0.05) is 17.7 Å². The van der Waals surface area contributed by atoms with Crippen LogP contribution in [-0.2, 0) is 12.3 Å². The van der Waals surface area contributed by atoms with E-state index in [9.17, 15) is 57.5 Å². The van der Waals surface area contributed by atoms with Gasteiger partial charge in [-0.3, -0.25) is 4.79 Å². The number of carbonyl (C=O) groups excluding carboxylic acids is 1. The average Bonchev–Trinajstić information content (AvgIpc) is 3.26. The van der Waals surface area contributed by atoms with Crippen LogP contribution in [0.5, 0.6) is 0 Å². The molecule has 0 saturated heterocycles. The molecule has 0 saturated carbocycles. The van der Waals surface area contributed by atoms with Gasteiger partial charge in [-0.05, 0) is 0 Å². The van der Waals surface area contributed by atoms with Crippen LogP contribution in [0.3, 0.4) is 0 Å². The van der Waals surface area contributed by atoms with Crippen LogP contribution in [0.4, 0.5) is 87.8 Å². The molecule has 6 aromatic rings. The first-order valence-corrected chi connectivity index (χ1v) is 17.0. The quantitative estimate of drug-likeness (QED) is 0.0312. The Morgan fingerprint density at radius 2 is 0.645 bits per heavy atom. The summed E-state index contributed by atoms with van der Waals surface area (Å²) >= 11 is 4.26. The largest absolute Gasteiger partial charge is 0.287 e. The van der Waals surface area contributed by atoms with E-state index in [-0.39, 0.29) is 5.78 Å². The van der Waals surface area contributed by atoms with Gasteiger partial charge in [0.15, 0.2) is 81.7 Å². The molecule has 6 rings (SSSR count). The summed E-state index contributed by atoms with van der Waals surface area (Å²) in [6, 6.07) is 15.2. The number of ketones is 1. The average molecular weight is 923 g/mol. The topological polar surface area (TPSA) is 20.9 Å². The highest BCUT2D eigenvalue weighted by Gasteiger charge is 2.52. The molecule has 0 aliphatic carbocycles. The summed E-state index contributed by atoms with van der Waals surface area (Å²) < 4.78 is 296. The Bertz CT molecular complexity index is 2410.